The third kappa shape index (κ3) is 3.15. The van der Waals surface area contributed by atoms with Gasteiger partial charge in [0.15, 0.2) is 5.13 Å². The van der Waals surface area contributed by atoms with Crippen LogP contribution in [0, 0.1) is 6.92 Å². The highest BCUT2D eigenvalue weighted by atomic mass is 32.1. The molecular formula is C22H22N4O2S. The molecule has 1 aromatic carbocycles. The normalized spacial score (nSPS) is 17.2. The van der Waals surface area contributed by atoms with Gasteiger partial charge < -0.3 is 15.0 Å². The fourth-order valence-electron chi connectivity index (χ4n) is 3.99. The van der Waals surface area contributed by atoms with Crippen LogP contribution >= 0.6 is 11.3 Å². The Morgan fingerprint density at radius 1 is 1.24 bits per heavy atom. The first kappa shape index (κ1) is 18.1. The molecule has 148 valence electrons. The minimum absolute atomic E-state index is 0.0299. The first-order valence-electron chi connectivity index (χ1n) is 9.69. The van der Waals surface area contributed by atoms with Crippen molar-refractivity contribution in [1.29, 1.82) is 0 Å². The number of aromatic nitrogens is 2. The summed E-state index contributed by atoms with van der Waals surface area (Å²) in [5.74, 6) is 0.810. The molecule has 0 saturated heterocycles. The molecule has 1 amide bonds. The van der Waals surface area contributed by atoms with Gasteiger partial charge in [0.2, 0.25) is 0 Å². The first-order chi connectivity index (χ1) is 13.9. The lowest BCUT2D eigenvalue weighted by Gasteiger charge is -2.30. The van der Waals surface area contributed by atoms with Crippen molar-refractivity contribution in [1.82, 2.24) is 15.3 Å². The predicted octanol–water partition coefficient (Wildman–Crippen LogP) is 4.11. The maximum absolute atomic E-state index is 12.5. The number of benzene rings is 1. The van der Waals surface area contributed by atoms with E-state index in [0.29, 0.717) is 13.2 Å². The zero-order valence-corrected chi connectivity index (χ0v) is 17.5. The average molecular weight is 407 g/mol. The van der Waals surface area contributed by atoms with E-state index in [1.165, 1.54) is 11.3 Å². The highest BCUT2D eigenvalue weighted by Crippen LogP contribution is 2.43. The van der Waals surface area contributed by atoms with Crippen molar-refractivity contribution in [3.63, 3.8) is 0 Å². The second-order valence-electron chi connectivity index (χ2n) is 8.16. The third-order valence-electron chi connectivity index (χ3n) is 5.35. The van der Waals surface area contributed by atoms with E-state index in [1.54, 1.807) is 12.4 Å². The topological polar surface area (TPSA) is 67.3 Å². The Morgan fingerprint density at radius 3 is 2.83 bits per heavy atom. The number of ether oxygens (including phenoxy) is 1. The molecule has 29 heavy (non-hydrogen) atoms. The summed E-state index contributed by atoms with van der Waals surface area (Å²) < 4.78 is 5.99. The zero-order chi connectivity index (χ0) is 20.2. The van der Waals surface area contributed by atoms with Crippen LogP contribution < -0.4 is 15.0 Å². The van der Waals surface area contributed by atoms with Gasteiger partial charge in [-0.15, -0.1) is 0 Å². The maximum atomic E-state index is 12.5. The molecule has 5 rings (SSSR count). The average Bonchev–Trinajstić information content (AvgIpc) is 3.10. The van der Waals surface area contributed by atoms with Gasteiger partial charge in [0, 0.05) is 24.4 Å². The summed E-state index contributed by atoms with van der Waals surface area (Å²) >= 11 is 1.46. The molecular weight excluding hydrogens is 384 g/mol. The van der Waals surface area contributed by atoms with Crippen molar-refractivity contribution < 1.29 is 9.53 Å². The predicted molar refractivity (Wildman–Crippen MR) is 114 cm³/mol. The Kier molecular flexibility index (Phi) is 4.10. The molecule has 0 radical (unpaired) electrons. The molecule has 1 N–H and O–H groups in total. The molecule has 0 atom stereocenters. The zero-order valence-electron chi connectivity index (χ0n) is 16.7. The number of aryl methyl sites for hydroxylation is 1. The number of nitrogens with one attached hydrogen (secondary N) is 1. The Morgan fingerprint density at radius 2 is 2.03 bits per heavy atom. The summed E-state index contributed by atoms with van der Waals surface area (Å²) in [6.45, 7) is 7.44. The number of hydrogen-bond donors (Lipinski definition) is 1. The van der Waals surface area contributed by atoms with E-state index in [-0.39, 0.29) is 11.4 Å². The highest BCUT2D eigenvalue weighted by molar-refractivity contribution is 7.17. The van der Waals surface area contributed by atoms with Gasteiger partial charge in [-0.2, -0.15) is 0 Å². The summed E-state index contributed by atoms with van der Waals surface area (Å²) in [6.07, 6.45) is 4.34. The summed E-state index contributed by atoms with van der Waals surface area (Å²) in [6, 6.07) is 8.25. The standard InChI is InChI=1S/C22H22N4O2S/c1-13-10-17-18(11-15(13)14-4-6-23-7-5-14)28-9-8-26(17)21-24-16-12-22(2,3)25-20(27)19(16)29-21/h4-7,10-11H,8-9,12H2,1-3H3,(H,25,27). The molecule has 7 heteroatoms. The van der Waals surface area contributed by atoms with Crippen LogP contribution in [0.4, 0.5) is 10.8 Å². The van der Waals surface area contributed by atoms with Gasteiger partial charge in [0.05, 0.1) is 17.9 Å². The number of nitrogens with zero attached hydrogens (tertiary/aromatic N) is 3. The van der Waals surface area contributed by atoms with Crippen LogP contribution in [0.1, 0.15) is 34.8 Å². The van der Waals surface area contributed by atoms with Gasteiger partial charge in [-0.05, 0) is 61.7 Å². The Bertz CT molecular complexity index is 1110. The van der Waals surface area contributed by atoms with E-state index < -0.39 is 0 Å². The molecule has 0 spiro atoms. The van der Waals surface area contributed by atoms with E-state index in [1.807, 2.05) is 26.0 Å². The van der Waals surface area contributed by atoms with E-state index in [2.05, 4.69) is 34.3 Å². The molecule has 0 bridgehead atoms. The molecule has 0 unspecified atom stereocenters. The molecule has 2 aliphatic rings. The van der Waals surface area contributed by atoms with E-state index >= 15 is 0 Å². The quantitative estimate of drug-likeness (QED) is 0.694. The van der Waals surface area contributed by atoms with Crippen LogP contribution in [0.3, 0.4) is 0 Å². The second-order valence-corrected chi connectivity index (χ2v) is 9.14. The van der Waals surface area contributed by atoms with E-state index in [4.69, 9.17) is 9.72 Å². The number of hydrogen-bond acceptors (Lipinski definition) is 6. The summed E-state index contributed by atoms with van der Waals surface area (Å²) in [5, 5.41) is 3.92. The number of pyridine rings is 1. The van der Waals surface area contributed by atoms with Gasteiger partial charge in [0.25, 0.3) is 5.91 Å². The van der Waals surface area contributed by atoms with Crippen LogP contribution in [-0.2, 0) is 6.42 Å². The second kappa shape index (κ2) is 6.56. The summed E-state index contributed by atoms with van der Waals surface area (Å²) in [5.41, 5.74) is 5.02. The third-order valence-corrected chi connectivity index (χ3v) is 6.46. The van der Waals surface area contributed by atoms with Crippen LogP contribution in [-0.4, -0.2) is 34.6 Å². The van der Waals surface area contributed by atoms with Crippen molar-refractivity contribution in [2.24, 2.45) is 0 Å². The Labute approximate surface area is 173 Å². The summed E-state index contributed by atoms with van der Waals surface area (Å²) in [4.78, 5) is 24.4. The molecule has 3 aromatic rings. The molecule has 4 heterocycles. The lowest BCUT2D eigenvalue weighted by molar-refractivity contribution is 0.0901. The van der Waals surface area contributed by atoms with Crippen molar-refractivity contribution in [2.75, 3.05) is 18.1 Å². The minimum Gasteiger partial charge on any atom is -0.490 e. The monoisotopic (exact) mass is 406 g/mol. The van der Waals surface area contributed by atoms with Crippen molar-refractivity contribution in [3.8, 4) is 16.9 Å². The fraction of sp³-hybridized carbons (Fsp3) is 0.318. The van der Waals surface area contributed by atoms with Crippen LogP contribution in [0.25, 0.3) is 11.1 Å². The van der Waals surface area contributed by atoms with Crippen molar-refractivity contribution in [3.05, 3.63) is 52.8 Å². The largest absolute Gasteiger partial charge is 0.490 e. The number of fused-ring (bicyclic) bond motifs is 2. The van der Waals surface area contributed by atoms with Crippen molar-refractivity contribution >= 4 is 28.1 Å². The molecule has 0 aliphatic carbocycles. The fourth-order valence-corrected chi connectivity index (χ4v) is 5.00. The number of anilines is 2. The maximum Gasteiger partial charge on any atom is 0.263 e. The molecule has 0 saturated carbocycles. The minimum atomic E-state index is -0.269. The van der Waals surface area contributed by atoms with Crippen LogP contribution in [0.2, 0.25) is 0 Å². The molecule has 0 fully saturated rings. The highest BCUT2D eigenvalue weighted by Gasteiger charge is 2.34. The van der Waals surface area contributed by atoms with Gasteiger partial charge in [-0.1, -0.05) is 11.3 Å². The van der Waals surface area contributed by atoms with Crippen LogP contribution in [0.5, 0.6) is 5.75 Å². The number of rotatable bonds is 2. The van der Waals surface area contributed by atoms with Gasteiger partial charge in [-0.3, -0.25) is 9.78 Å². The smallest absolute Gasteiger partial charge is 0.263 e. The Balaban J connectivity index is 1.56. The van der Waals surface area contributed by atoms with Crippen LogP contribution in [0.15, 0.2) is 36.7 Å². The molecule has 6 nitrogen and oxygen atoms in total. The number of amides is 1. The SMILES string of the molecule is Cc1cc2c(cc1-c1ccncc1)OCCN2c1nc2c(s1)C(=O)NC(C)(C)C2. The summed E-state index contributed by atoms with van der Waals surface area (Å²) in [7, 11) is 0. The number of thiazole rings is 1. The van der Waals surface area contributed by atoms with Crippen molar-refractivity contribution in [2.45, 2.75) is 32.7 Å². The van der Waals surface area contributed by atoms with E-state index in [0.717, 1.165) is 50.3 Å². The van der Waals surface area contributed by atoms with Gasteiger partial charge >= 0.3 is 0 Å². The van der Waals surface area contributed by atoms with Gasteiger partial charge in [-0.25, -0.2) is 4.98 Å². The lowest BCUT2D eigenvalue weighted by Crippen LogP contribution is -2.48. The van der Waals surface area contributed by atoms with E-state index in [9.17, 15) is 4.79 Å². The lowest BCUT2D eigenvalue weighted by atomic mass is 9.94. The molecule has 2 aromatic heterocycles. The molecule has 2 aliphatic heterocycles. The van der Waals surface area contributed by atoms with Gasteiger partial charge in [0.1, 0.15) is 17.2 Å². The first-order valence-corrected chi connectivity index (χ1v) is 10.5. The Hall–Kier alpha value is -2.93. The number of carbonyl (C=O) groups excluding carboxylic acids is 1. The number of carbonyl (C=O) groups is 1.